The highest BCUT2D eigenvalue weighted by atomic mass is 15.0. The second-order valence-electron chi connectivity index (χ2n) is 5.39. The Hall–Kier alpha value is -1.28. The molecule has 0 saturated heterocycles. The van der Waals surface area contributed by atoms with Crippen LogP contribution in [0.4, 0.5) is 0 Å². The van der Waals surface area contributed by atoms with Crippen LogP contribution in [0.25, 0.3) is 10.9 Å². The average molecular weight is 228 g/mol. The van der Waals surface area contributed by atoms with Gasteiger partial charge in [0.25, 0.3) is 0 Å². The molecule has 3 rings (SSSR count). The van der Waals surface area contributed by atoms with E-state index in [-0.39, 0.29) is 6.04 Å². The van der Waals surface area contributed by atoms with Gasteiger partial charge in [-0.1, -0.05) is 18.2 Å². The fourth-order valence-electron chi connectivity index (χ4n) is 3.11. The maximum Gasteiger partial charge on any atom is 0.0513 e. The van der Waals surface area contributed by atoms with E-state index in [2.05, 4.69) is 43.7 Å². The molecule has 0 spiro atoms. The molecule has 1 aromatic carbocycles. The number of nitrogens with zero attached hydrogens (tertiary/aromatic N) is 1. The molecule has 0 amide bonds. The lowest BCUT2D eigenvalue weighted by atomic mass is 10.0. The van der Waals surface area contributed by atoms with Crippen molar-refractivity contribution in [3.63, 3.8) is 0 Å². The lowest BCUT2D eigenvalue weighted by Gasteiger charge is -2.11. The van der Waals surface area contributed by atoms with E-state index in [9.17, 15) is 0 Å². The molecule has 1 fully saturated rings. The van der Waals surface area contributed by atoms with Crippen LogP contribution in [0.1, 0.15) is 48.5 Å². The van der Waals surface area contributed by atoms with Gasteiger partial charge in [-0.2, -0.15) is 0 Å². The summed E-state index contributed by atoms with van der Waals surface area (Å²) in [5.41, 5.74) is 11.7. The van der Waals surface area contributed by atoms with Crippen molar-refractivity contribution in [3.05, 3.63) is 35.0 Å². The Labute approximate surface area is 102 Å². The van der Waals surface area contributed by atoms with Crippen molar-refractivity contribution in [2.24, 2.45) is 12.8 Å². The second-order valence-corrected chi connectivity index (χ2v) is 5.39. The summed E-state index contributed by atoms with van der Waals surface area (Å²) in [5, 5.41) is 1.42. The second kappa shape index (κ2) is 3.61. The van der Waals surface area contributed by atoms with Gasteiger partial charge < -0.3 is 10.3 Å². The zero-order chi connectivity index (χ0) is 12.2. The summed E-state index contributed by atoms with van der Waals surface area (Å²) in [4.78, 5) is 0. The number of hydrogen-bond acceptors (Lipinski definition) is 1. The van der Waals surface area contributed by atoms with E-state index >= 15 is 0 Å². The lowest BCUT2D eigenvalue weighted by molar-refractivity contribution is 0.712. The van der Waals surface area contributed by atoms with Crippen LogP contribution in [0.3, 0.4) is 0 Å². The van der Waals surface area contributed by atoms with Gasteiger partial charge in [0.05, 0.1) is 5.52 Å². The van der Waals surface area contributed by atoms with Crippen LogP contribution in [-0.2, 0) is 7.05 Å². The highest BCUT2D eigenvalue weighted by molar-refractivity contribution is 5.89. The number of benzene rings is 1. The maximum absolute atomic E-state index is 6.17. The third-order valence-electron chi connectivity index (χ3n) is 3.92. The zero-order valence-corrected chi connectivity index (χ0v) is 10.8. The number of para-hydroxylation sites is 1. The van der Waals surface area contributed by atoms with Crippen LogP contribution >= 0.6 is 0 Å². The van der Waals surface area contributed by atoms with E-state index in [0.717, 1.165) is 5.92 Å². The van der Waals surface area contributed by atoms with E-state index in [0.29, 0.717) is 0 Å². The summed E-state index contributed by atoms with van der Waals surface area (Å²) in [6, 6.07) is 6.71. The van der Waals surface area contributed by atoms with Crippen LogP contribution in [0.15, 0.2) is 18.2 Å². The average Bonchev–Trinajstić information content (AvgIpc) is 3.04. The quantitative estimate of drug-likeness (QED) is 0.839. The van der Waals surface area contributed by atoms with Crippen molar-refractivity contribution >= 4 is 10.9 Å². The van der Waals surface area contributed by atoms with Gasteiger partial charge in [-0.25, -0.2) is 0 Å². The first kappa shape index (κ1) is 10.8. The van der Waals surface area contributed by atoms with E-state index in [1.807, 2.05) is 0 Å². The molecule has 0 aliphatic heterocycles. The van der Waals surface area contributed by atoms with E-state index in [1.165, 1.54) is 40.6 Å². The van der Waals surface area contributed by atoms with Crippen LogP contribution in [0.2, 0.25) is 0 Å². The standard InChI is InChI=1S/C15H20N2/c1-9-5-4-6-12-13(11-7-8-11)15(10(2)16)17(3)14(9)12/h4-6,10-11H,7-8,16H2,1-3H3. The largest absolute Gasteiger partial charge is 0.346 e. The molecule has 1 unspecified atom stereocenters. The Morgan fingerprint density at radius 3 is 2.65 bits per heavy atom. The molecule has 2 nitrogen and oxygen atoms in total. The molecule has 0 radical (unpaired) electrons. The fourth-order valence-corrected chi connectivity index (χ4v) is 3.11. The zero-order valence-electron chi connectivity index (χ0n) is 10.8. The molecule has 90 valence electrons. The van der Waals surface area contributed by atoms with Crippen molar-refractivity contribution in [2.75, 3.05) is 0 Å². The maximum atomic E-state index is 6.17. The molecule has 1 aliphatic carbocycles. The molecular weight excluding hydrogens is 208 g/mol. The molecule has 0 bridgehead atoms. The molecule has 1 saturated carbocycles. The van der Waals surface area contributed by atoms with Gasteiger partial charge in [-0.05, 0) is 43.7 Å². The highest BCUT2D eigenvalue weighted by Gasteiger charge is 2.31. The molecule has 2 aromatic rings. The number of aromatic nitrogens is 1. The number of fused-ring (bicyclic) bond motifs is 1. The fraction of sp³-hybridized carbons (Fsp3) is 0.467. The molecule has 17 heavy (non-hydrogen) atoms. The van der Waals surface area contributed by atoms with Gasteiger partial charge in [0.2, 0.25) is 0 Å². The summed E-state index contributed by atoms with van der Waals surface area (Å²) in [6.45, 7) is 4.28. The van der Waals surface area contributed by atoms with Gasteiger partial charge in [-0.3, -0.25) is 0 Å². The number of aryl methyl sites for hydroxylation is 2. The van der Waals surface area contributed by atoms with Gasteiger partial charge in [0.15, 0.2) is 0 Å². The van der Waals surface area contributed by atoms with Gasteiger partial charge >= 0.3 is 0 Å². The van der Waals surface area contributed by atoms with Crippen molar-refractivity contribution in [2.45, 2.75) is 38.6 Å². The lowest BCUT2D eigenvalue weighted by Crippen LogP contribution is -2.12. The number of rotatable bonds is 2. The molecular formula is C15H20N2. The number of hydrogen-bond donors (Lipinski definition) is 1. The van der Waals surface area contributed by atoms with Crippen LogP contribution in [0.5, 0.6) is 0 Å². The van der Waals surface area contributed by atoms with Crippen molar-refractivity contribution in [1.29, 1.82) is 0 Å². The first-order valence-corrected chi connectivity index (χ1v) is 6.44. The minimum absolute atomic E-state index is 0.113. The predicted octanol–water partition coefficient (Wildman–Crippen LogP) is 3.38. The first-order chi connectivity index (χ1) is 8.11. The monoisotopic (exact) mass is 228 g/mol. The van der Waals surface area contributed by atoms with Gasteiger partial charge in [0, 0.05) is 24.2 Å². The van der Waals surface area contributed by atoms with Crippen LogP contribution in [-0.4, -0.2) is 4.57 Å². The smallest absolute Gasteiger partial charge is 0.0513 e. The highest BCUT2D eigenvalue weighted by Crippen LogP contribution is 2.47. The summed E-state index contributed by atoms with van der Waals surface area (Å²) < 4.78 is 2.31. The third kappa shape index (κ3) is 1.51. The summed E-state index contributed by atoms with van der Waals surface area (Å²) in [7, 11) is 2.15. The van der Waals surface area contributed by atoms with Gasteiger partial charge in [0.1, 0.15) is 0 Å². The predicted molar refractivity (Wildman–Crippen MR) is 72.2 cm³/mol. The molecule has 1 aliphatic rings. The van der Waals surface area contributed by atoms with Crippen molar-refractivity contribution in [1.82, 2.24) is 4.57 Å². The molecule has 1 heterocycles. The SMILES string of the molecule is Cc1cccc2c(C3CC3)c(C(C)N)n(C)c12. The topological polar surface area (TPSA) is 30.9 Å². The first-order valence-electron chi connectivity index (χ1n) is 6.44. The Bertz CT molecular complexity index is 574. The van der Waals surface area contributed by atoms with Crippen LogP contribution in [0, 0.1) is 6.92 Å². The Kier molecular flexibility index (Phi) is 2.30. The summed E-state index contributed by atoms with van der Waals surface area (Å²) in [6.07, 6.45) is 2.65. The molecule has 2 N–H and O–H groups in total. The molecule has 1 aromatic heterocycles. The molecule has 2 heteroatoms. The van der Waals surface area contributed by atoms with Crippen molar-refractivity contribution < 1.29 is 0 Å². The Morgan fingerprint density at radius 1 is 1.35 bits per heavy atom. The third-order valence-corrected chi connectivity index (χ3v) is 3.92. The van der Waals surface area contributed by atoms with E-state index in [1.54, 1.807) is 0 Å². The van der Waals surface area contributed by atoms with E-state index in [4.69, 9.17) is 5.73 Å². The Balaban J connectivity index is 2.41. The summed E-state index contributed by atoms with van der Waals surface area (Å²) in [5.74, 6) is 0.751. The molecule has 1 atom stereocenters. The van der Waals surface area contributed by atoms with Crippen LogP contribution < -0.4 is 5.73 Å². The summed E-state index contributed by atoms with van der Waals surface area (Å²) >= 11 is 0. The van der Waals surface area contributed by atoms with E-state index < -0.39 is 0 Å². The normalized spacial score (nSPS) is 17.6. The van der Waals surface area contributed by atoms with Gasteiger partial charge in [-0.15, -0.1) is 0 Å². The Morgan fingerprint density at radius 2 is 2.06 bits per heavy atom. The number of nitrogens with two attached hydrogens (primary N) is 1. The minimum Gasteiger partial charge on any atom is -0.346 e. The minimum atomic E-state index is 0.113. The van der Waals surface area contributed by atoms with Crippen molar-refractivity contribution in [3.8, 4) is 0 Å².